The quantitative estimate of drug-likeness (QED) is 0.944. The van der Waals surface area contributed by atoms with Crippen LogP contribution in [-0.4, -0.2) is 41.2 Å². The Hall–Kier alpha value is -2.14. The van der Waals surface area contributed by atoms with Gasteiger partial charge in [-0.1, -0.05) is 18.2 Å². The molecule has 1 N–H and O–H groups in total. The van der Waals surface area contributed by atoms with E-state index in [0.717, 1.165) is 48.4 Å². The van der Waals surface area contributed by atoms with Crippen LogP contribution in [0.4, 0.5) is 0 Å². The maximum absolute atomic E-state index is 12.9. The summed E-state index contributed by atoms with van der Waals surface area (Å²) in [4.78, 5) is 14.9. The van der Waals surface area contributed by atoms with Crippen LogP contribution in [0.3, 0.4) is 0 Å². The zero-order chi connectivity index (χ0) is 16.2. The maximum Gasteiger partial charge on any atom is 0.254 e. The van der Waals surface area contributed by atoms with Crippen LogP contribution in [0.2, 0.25) is 0 Å². The number of carbonyl (C=O) groups is 1. The van der Waals surface area contributed by atoms with Gasteiger partial charge in [0.2, 0.25) is 0 Å². The normalized spacial score (nSPS) is 18.2. The smallest absolute Gasteiger partial charge is 0.254 e. The number of ether oxygens (including phenoxy) is 1. The van der Waals surface area contributed by atoms with Crippen LogP contribution in [0.5, 0.6) is 0 Å². The van der Waals surface area contributed by atoms with E-state index in [4.69, 9.17) is 4.74 Å². The third kappa shape index (κ3) is 3.45. The summed E-state index contributed by atoms with van der Waals surface area (Å²) in [6, 6.07) is 9.77. The second kappa shape index (κ2) is 6.96. The van der Waals surface area contributed by atoms with Gasteiger partial charge in [-0.15, -0.1) is 0 Å². The van der Waals surface area contributed by atoms with Crippen molar-refractivity contribution in [3.05, 3.63) is 52.8 Å². The van der Waals surface area contributed by atoms with E-state index in [0.29, 0.717) is 12.5 Å². The molecule has 1 atom stereocenters. The molecule has 1 fully saturated rings. The molecule has 122 valence electrons. The number of carbonyl (C=O) groups excluding carboxylic acids is 1. The molecule has 1 saturated heterocycles. The molecule has 3 rings (SSSR count). The fraction of sp³-hybridized carbons (Fsp3) is 0.444. The van der Waals surface area contributed by atoms with E-state index in [1.165, 1.54) is 0 Å². The summed E-state index contributed by atoms with van der Waals surface area (Å²) < 4.78 is 5.21. The molecule has 2 aromatic rings. The van der Waals surface area contributed by atoms with Crippen molar-refractivity contribution in [3.8, 4) is 0 Å². The first-order chi connectivity index (χ1) is 11.2. The maximum atomic E-state index is 12.9. The Morgan fingerprint density at radius 3 is 3.00 bits per heavy atom. The van der Waals surface area contributed by atoms with Crippen molar-refractivity contribution >= 4 is 5.91 Å². The van der Waals surface area contributed by atoms with Crippen LogP contribution in [0.1, 0.15) is 46.1 Å². The summed E-state index contributed by atoms with van der Waals surface area (Å²) in [7, 11) is 1.65. The topological polar surface area (TPSA) is 58.2 Å². The molecular formula is C18H23N3O2. The Bertz CT molecular complexity index is 680. The Labute approximate surface area is 136 Å². The molecule has 5 heteroatoms. The number of aryl methyl sites for hydroxylation is 1. The van der Waals surface area contributed by atoms with Crippen LogP contribution in [-0.2, 0) is 11.3 Å². The first-order valence-corrected chi connectivity index (χ1v) is 8.07. The van der Waals surface area contributed by atoms with E-state index in [1.807, 2.05) is 36.1 Å². The van der Waals surface area contributed by atoms with Gasteiger partial charge in [0.1, 0.15) is 0 Å². The molecule has 1 aromatic heterocycles. The number of hydrogen-bond acceptors (Lipinski definition) is 3. The zero-order valence-corrected chi connectivity index (χ0v) is 13.7. The van der Waals surface area contributed by atoms with E-state index < -0.39 is 0 Å². The van der Waals surface area contributed by atoms with E-state index >= 15 is 0 Å². The molecule has 23 heavy (non-hydrogen) atoms. The molecule has 0 unspecified atom stereocenters. The Balaban J connectivity index is 1.77. The van der Waals surface area contributed by atoms with Gasteiger partial charge < -0.3 is 9.64 Å². The van der Waals surface area contributed by atoms with Crippen molar-refractivity contribution in [2.24, 2.45) is 0 Å². The number of benzene rings is 1. The molecule has 1 amide bonds. The van der Waals surface area contributed by atoms with Crippen molar-refractivity contribution in [3.63, 3.8) is 0 Å². The molecule has 0 spiro atoms. The molecule has 0 bridgehead atoms. The molecule has 2 heterocycles. The fourth-order valence-electron chi connectivity index (χ4n) is 3.23. The molecule has 5 nitrogen and oxygen atoms in total. The summed E-state index contributed by atoms with van der Waals surface area (Å²) in [6.07, 6.45) is 2.09. The molecule has 1 aromatic carbocycles. The highest BCUT2D eigenvalue weighted by Gasteiger charge is 2.27. The number of H-pyrrole nitrogens is 1. The number of hydrogen-bond donors (Lipinski definition) is 1. The standard InChI is InChI=1S/C18H23N3O2/c1-13-10-17(20-19-13)14-7-5-9-21(11-14)18(22)16-8-4-3-6-15(16)12-23-2/h3-4,6,8,10,14H,5,7,9,11-12H2,1-2H3,(H,19,20)/t14-/m1/s1. The van der Waals surface area contributed by atoms with Crippen molar-refractivity contribution in [1.29, 1.82) is 0 Å². The average Bonchev–Trinajstić information content (AvgIpc) is 3.02. The van der Waals surface area contributed by atoms with Crippen molar-refractivity contribution in [2.45, 2.75) is 32.3 Å². The number of methoxy groups -OCH3 is 1. The number of likely N-dealkylation sites (tertiary alicyclic amines) is 1. The predicted molar refractivity (Wildman–Crippen MR) is 88.4 cm³/mol. The lowest BCUT2D eigenvalue weighted by Gasteiger charge is -2.32. The summed E-state index contributed by atoms with van der Waals surface area (Å²) in [5, 5.41) is 7.37. The highest BCUT2D eigenvalue weighted by Crippen LogP contribution is 2.27. The van der Waals surface area contributed by atoms with Crippen molar-refractivity contribution < 1.29 is 9.53 Å². The van der Waals surface area contributed by atoms with Gasteiger partial charge in [0.25, 0.3) is 5.91 Å². The number of aromatic nitrogens is 2. The molecule has 1 aliphatic rings. The lowest BCUT2D eigenvalue weighted by Crippen LogP contribution is -2.39. The SMILES string of the molecule is COCc1ccccc1C(=O)N1CCC[C@@H](c2cc(C)[nH]n2)C1. The van der Waals surface area contributed by atoms with Gasteiger partial charge in [0.15, 0.2) is 0 Å². The number of amides is 1. The summed E-state index contributed by atoms with van der Waals surface area (Å²) >= 11 is 0. The molecule has 1 aliphatic heterocycles. The Kier molecular flexibility index (Phi) is 4.76. The van der Waals surface area contributed by atoms with E-state index in [2.05, 4.69) is 16.3 Å². The first kappa shape index (κ1) is 15.7. The highest BCUT2D eigenvalue weighted by atomic mass is 16.5. The number of rotatable bonds is 4. The van der Waals surface area contributed by atoms with Gasteiger partial charge in [-0.2, -0.15) is 5.10 Å². The third-order valence-electron chi connectivity index (χ3n) is 4.40. The number of nitrogens with one attached hydrogen (secondary N) is 1. The van der Waals surface area contributed by atoms with Gasteiger partial charge in [0.05, 0.1) is 12.3 Å². The molecular weight excluding hydrogens is 290 g/mol. The van der Waals surface area contributed by atoms with E-state index in [1.54, 1.807) is 7.11 Å². The number of piperidine rings is 1. The minimum atomic E-state index is 0.0922. The van der Waals surface area contributed by atoms with E-state index in [9.17, 15) is 4.79 Å². The zero-order valence-electron chi connectivity index (χ0n) is 13.7. The molecule has 0 saturated carbocycles. The van der Waals surface area contributed by atoms with Crippen LogP contribution in [0, 0.1) is 6.92 Å². The first-order valence-electron chi connectivity index (χ1n) is 8.07. The lowest BCUT2D eigenvalue weighted by atomic mass is 9.94. The fourth-order valence-corrected chi connectivity index (χ4v) is 3.23. The Morgan fingerprint density at radius 2 is 2.26 bits per heavy atom. The van der Waals surface area contributed by atoms with Crippen LogP contribution in [0.25, 0.3) is 0 Å². The van der Waals surface area contributed by atoms with Gasteiger partial charge in [-0.25, -0.2) is 0 Å². The van der Waals surface area contributed by atoms with Gasteiger partial charge >= 0.3 is 0 Å². The van der Waals surface area contributed by atoms with Crippen molar-refractivity contribution in [1.82, 2.24) is 15.1 Å². The second-order valence-corrected chi connectivity index (χ2v) is 6.16. The third-order valence-corrected chi connectivity index (χ3v) is 4.40. The average molecular weight is 313 g/mol. The minimum Gasteiger partial charge on any atom is -0.380 e. The number of nitrogens with zero attached hydrogens (tertiary/aromatic N) is 2. The molecule has 0 radical (unpaired) electrons. The largest absolute Gasteiger partial charge is 0.380 e. The summed E-state index contributed by atoms with van der Waals surface area (Å²) in [5.41, 5.74) is 3.81. The van der Waals surface area contributed by atoms with Gasteiger partial charge in [-0.3, -0.25) is 9.89 Å². The number of aromatic amines is 1. The summed E-state index contributed by atoms with van der Waals surface area (Å²) in [5.74, 6) is 0.404. The predicted octanol–water partition coefficient (Wildman–Crippen LogP) is 2.88. The highest BCUT2D eigenvalue weighted by molar-refractivity contribution is 5.95. The van der Waals surface area contributed by atoms with Crippen LogP contribution < -0.4 is 0 Å². The monoisotopic (exact) mass is 313 g/mol. The second-order valence-electron chi connectivity index (χ2n) is 6.16. The molecule has 0 aliphatic carbocycles. The van der Waals surface area contributed by atoms with Gasteiger partial charge in [0, 0.05) is 37.4 Å². The van der Waals surface area contributed by atoms with Crippen molar-refractivity contribution in [2.75, 3.05) is 20.2 Å². The van der Waals surface area contributed by atoms with Gasteiger partial charge in [-0.05, 0) is 37.5 Å². The van der Waals surface area contributed by atoms with E-state index in [-0.39, 0.29) is 5.91 Å². The van der Waals surface area contributed by atoms with Crippen LogP contribution in [0.15, 0.2) is 30.3 Å². The lowest BCUT2D eigenvalue weighted by molar-refractivity contribution is 0.0701. The minimum absolute atomic E-state index is 0.0922. The van der Waals surface area contributed by atoms with Crippen LogP contribution >= 0.6 is 0 Å². The summed E-state index contributed by atoms with van der Waals surface area (Å²) in [6.45, 7) is 3.99. The Morgan fingerprint density at radius 1 is 1.43 bits per heavy atom.